The summed E-state index contributed by atoms with van der Waals surface area (Å²) in [5, 5.41) is 8.49. The minimum Gasteiger partial charge on any atom is -0.491 e. The van der Waals surface area contributed by atoms with E-state index in [1.165, 1.54) is 0 Å². The molecule has 1 aliphatic heterocycles. The molecule has 0 spiro atoms. The summed E-state index contributed by atoms with van der Waals surface area (Å²) in [5.74, 6) is -0.982. The van der Waals surface area contributed by atoms with Crippen LogP contribution in [0.2, 0.25) is 0 Å². The fourth-order valence-electron chi connectivity index (χ4n) is 4.42. The van der Waals surface area contributed by atoms with E-state index in [1.807, 2.05) is 37.3 Å². The molecule has 9 nitrogen and oxygen atoms in total. The Morgan fingerprint density at radius 2 is 1.74 bits per heavy atom. The van der Waals surface area contributed by atoms with Gasteiger partial charge in [0.05, 0.1) is 12.1 Å². The number of carbonyl (C=O) groups excluding carboxylic acids is 4. The molecule has 4 amide bonds. The van der Waals surface area contributed by atoms with Crippen LogP contribution in [0.25, 0.3) is 0 Å². The Morgan fingerprint density at radius 1 is 1.00 bits per heavy atom. The first kappa shape index (κ1) is 29.7. The maximum Gasteiger partial charge on any atom is 0.255 e. The first-order valence-corrected chi connectivity index (χ1v) is 13.8. The maximum absolute atomic E-state index is 13.8. The number of amides is 4. The van der Waals surface area contributed by atoms with Crippen LogP contribution >= 0.6 is 0 Å². The number of benzene rings is 2. The van der Waals surface area contributed by atoms with Crippen LogP contribution in [0.4, 0.5) is 0 Å². The predicted molar refractivity (Wildman–Crippen MR) is 149 cm³/mol. The summed E-state index contributed by atoms with van der Waals surface area (Å²) in [6.45, 7) is 5.45. The highest BCUT2D eigenvalue weighted by Gasteiger charge is 2.29. The first-order valence-electron chi connectivity index (χ1n) is 13.8. The smallest absolute Gasteiger partial charge is 0.255 e. The molecule has 3 rings (SSSR count). The Hall–Kier alpha value is -3.88. The van der Waals surface area contributed by atoms with Gasteiger partial charge in [-0.2, -0.15) is 0 Å². The highest BCUT2D eigenvalue weighted by atomic mass is 16.5. The van der Waals surface area contributed by atoms with E-state index in [9.17, 15) is 19.2 Å². The molecule has 2 aromatic rings. The van der Waals surface area contributed by atoms with Crippen molar-refractivity contribution in [3.8, 4) is 5.75 Å². The zero-order valence-electron chi connectivity index (χ0n) is 22.9. The van der Waals surface area contributed by atoms with Crippen LogP contribution in [0.3, 0.4) is 0 Å². The Morgan fingerprint density at radius 3 is 2.49 bits per heavy atom. The average Bonchev–Trinajstić information content (AvgIpc) is 2.95. The molecule has 3 N–H and O–H groups in total. The Balaban J connectivity index is 1.91. The number of hydrogen-bond acceptors (Lipinski definition) is 5. The number of ether oxygens (including phenoxy) is 1. The van der Waals surface area contributed by atoms with Gasteiger partial charge in [0.15, 0.2) is 0 Å². The van der Waals surface area contributed by atoms with Crippen LogP contribution in [-0.2, 0) is 20.8 Å². The number of nitrogens with zero attached hydrogens (tertiary/aromatic N) is 1. The number of unbranched alkanes of at least 4 members (excludes halogenated alkanes) is 1. The third-order valence-corrected chi connectivity index (χ3v) is 6.59. The fourth-order valence-corrected chi connectivity index (χ4v) is 4.42. The highest BCUT2D eigenvalue weighted by Crippen LogP contribution is 2.19. The minimum atomic E-state index is -0.919. The van der Waals surface area contributed by atoms with Crippen molar-refractivity contribution in [1.82, 2.24) is 20.9 Å². The van der Waals surface area contributed by atoms with Crippen LogP contribution in [0.5, 0.6) is 5.75 Å². The molecule has 0 saturated heterocycles. The molecule has 1 aliphatic rings. The van der Waals surface area contributed by atoms with E-state index in [4.69, 9.17) is 4.74 Å². The third kappa shape index (κ3) is 9.12. The molecule has 0 saturated carbocycles. The Kier molecular flexibility index (Phi) is 11.8. The molecule has 0 unspecified atom stereocenters. The molecule has 9 heteroatoms. The zero-order chi connectivity index (χ0) is 28.0. The summed E-state index contributed by atoms with van der Waals surface area (Å²) < 4.78 is 5.99. The van der Waals surface area contributed by atoms with Crippen LogP contribution < -0.4 is 20.7 Å². The largest absolute Gasteiger partial charge is 0.491 e. The molecule has 0 fully saturated rings. The van der Waals surface area contributed by atoms with Gasteiger partial charge in [-0.25, -0.2) is 0 Å². The summed E-state index contributed by atoms with van der Waals surface area (Å²) in [5.41, 5.74) is 1.22. The second-order valence-electron chi connectivity index (χ2n) is 9.69. The second-order valence-corrected chi connectivity index (χ2v) is 9.69. The van der Waals surface area contributed by atoms with Gasteiger partial charge in [-0.3, -0.25) is 19.2 Å². The lowest BCUT2D eigenvalue weighted by atomic mass is 10.0. The van der Waals surface area contributed by atoms with Gasteiger partial charge < -0.3 is 25.6 Å². The van der Waals surface area contributed by atoms with E-state index in [0.717, 1.165) is 24.8 Å². The van der Waals surface area contributed by atoms with Gasteiger partial charge >= 0.3 is 0 Å². The van der Waals surface area contributed by atoms with Crippen molar-refractivity contribution in [3.63, 3.8) is 0 Å². The predicted octanol–water partition coefficient (Wildman–Crippen LogP) is 2.84. The van der Waals surface area contributed by atoms with Crippen LogP contribution in [0, 0.1) is 0 Å². The van der Waals surface area contributed by atoms with Crippen molar-refractivity contribution in [2.24, 2.45) is 0 Å². The number of hydrogen-bond donors (Lipinski definition) is 3. The third-order valence-electron chi connectivity index (χ3n) is 6.59. The van der Waals surface area contributed by atoms with E-state index >= 15 is 0 Å². The Labute approximate surface area is 230 Å². The van der Waals surface area contributed by atoms with Gasteiger partial charge in [0.1, 0.15) is 24.4 Å². The van der Waals surface area contributed by atoms with Gasteiger partial charge in [-0.05, 0) is 37.0 Å². The summed E-state index contributed by atoms with van der Waals surface area (Å²) in [4.78, 5) is 54.6. The van der Waals surface area contributed by atoms with E-state index in [2.05, 4.69) is 22.9 Å². The van der Waals surface area contributed by atoms with Crippen molar-refractivity contribution in [1.29, 1.82) is 0 Å². The number of nitrogens with one attached hydrogen (secondary N) is 3. The van der Waals surface area contributed by atoms with Crippen molar-refractivity contribution in [3.05, 3.63) is 65.7 Å². The molecule has 0 radical (unpaired) electrons. The average molecular weight is 537 g/mol. The first-order chi connectivity index (χ1) is 18.9. The van der Waals surface area contributed by atoms with Gasteiger partial charge in [0.2, 0.25) is 17.7 Å². The van der Waals surface area contributed by atoms with Crippen LogP contribution in [0.15, 0.2) is 54.6 Å². The zero-order valence-corrected chi connectivity index (χ0v) is 22.9. The van der Waals surface area contributed by atoms with E-state index in [-0.39, 0.29) is 37.2 Å². The van der Waals surface area contributed by atoms with Gasteiger partial charge in [0, 0.05) is 25.9 Å². The molecule has 210 valence electrons. The van der Waals surface area contributed by atoms with Crippen molar-refractivity contribution >= 4 is 23.6 Å². The van der Waals surface area contributed by atoms with Crippen LogP contribution in [0.1, 0.15) is 61.9 Å². The van der Waals surface area contributed by atoms with Gasteiger partial charge in [-0.1, -0.05) is 62.7 Å². The summed E-state index contributed by atoms with van der Waals surface area (Å²) in [6.07, 6.45) is 2.85. The number of carbonyl (C=O) groups is 4. The van der Waals surface area contributed by atoms with Crippen molar-refractivity contribution < 1.29 is 23.9 Å². The van der Waals surface area contributed by atoms with Crippen molar-refractivity contribution in [2.75, 3.05) is 26.2 Å². The van der Waals surface area contributed by atoms with E-state index < -0.39 is 18.0 Å². The Bertz CT molecular complexity index is 1110. The molecule has 0 aromatic heterocycles. The topological polar surface area (TPSA) is 117 Å². The van der Waals surface area contributed by atoms with E-state index in [1.54, 1.807) is 29.2 Å². The number of rotatable bonds is 8. The molecular formula is C30H40N4O5. The summed E-state index contributed by atoms with van der Waals surface area (Å²) in [7, 11) is 0. The van der Waals surface area contributed by atoms with E-state index in [0.29, 0.717) is 37.4 Å². The lowest BCUT2D eigenvalue weighted by Crippen LogP contribution is -2.51. The maximum atomic E-state index is 13.8. The van der Waals surface area contributed by atoms with Gasteiger partial charge in [0.25, 0.3) is 5.91 Å². The highest BCUT2D eigenvalue weighted by molar-refractivity contribution is 5.99. The SMILES string of the molecule is CCCCN1CCOc2ccccc2C(=O)N[C@H](C(=O)NCCC)CCC(=O)N[C@@H](Cc2ccccc2)C1=O. The molecule has 0 aliphatic carbocycles. The summed E-state index contributed by atoms with van der Waals surface area (Å²) >= 11 is 0. The second kappa shape index (κ2) is 15.5. The van der Waals surface area contributed by atoms with Crippen molar-refractivity contribution in [2.45, 2.75) is 64.5 Å². The molecule has 0 bridgehead atoms. The quantitative estimate of drug-likeness (QED) is 0.480. The van der Waals surface area contributed by atoms with Crippen LogP contribution in [-0.4, -0.2) is 66.9 Å². The minimum absolute atomic E-state index is 0.0316. The standard InChI is InChI=1S/C30H40N4O5/c1-3-5-18-34-19-20-39-26-14-10-9-13-23(26)28(36)33-24(29(37)31-17-4-2)15-16-27(35)32-25(30(34)38)21-22-11-7-6-8-12-22/h6-14,24-25H,3-5,15-21H2,1-2H3,(H,31,37)(H,32,35)(H,33,36)/t24-,25-/m0/s1. The summed E-state index contributed by atoms with van der Waals surface area (Å²) in [6, 6.07) is 14.7. The van der Waals surface area contributed by atoms with Gasteiger partial charge in [-0.15, -0.1) is 0 Å². The molecule has 2 atom stereocenters. The number of fused-ring (bicyclic) bond motifs is 1. The lowest BCUT2D eigenvalue weighted by Gasteiger charge is -2.28. The fraction of sp³-hybridized carbons (Fsp3) is 0.467. The monoisotopic (exact) mass is 536 g/mol. The number of para-hydroxylation sites is 1. The lowest BCUT2D eigenvalue weighted by molar-refractivity contribution is -0.137. The normalized spacial score (nSPS) is 19.0. The molecular weight excluding hydrogens is 496 g/mol. The molecule has 2 aromatic carbocycles. The molecule has 39 heavy (non-hydrogen) atoms. The molecule has 1 heterocycles.